The van der Waals surface area contributed by atoms with Crippen molar-refractivity contribution in [2.75, 3.05) is 5.75 Å². The molecule has 3 heteroatoms. The standard InChI is InChI=1S/C17H23NOS/c1-13-9-15(17(19)7-8-18)11-16(10-13)20-12-14-5-3-2-4-6-14/h9-11,14,17,19H,2-7,12H2,1H3. The van der Waals surface area contributed by atoms with Gasteiger partial charge >= 0.3 is 0 Å². The first-order valence-corrected chi connectivity index (χ1v) is 8.47. The van der Waals surface area contributed by atoms with Crippen molar-refractivity contribution in [1.82, 2.24) is 0 Å². The van der Waals surface area contributed by atoms with Gasteiger partial charge in [-0.15, -0.1) is 11.8 Å². The lowest BCUT2D eigenvalue weighted by Crippen LogP contribution is -2.08. The van der Waals surface area contributed by atoms with Crippen molar-refractivity contribution in [2.45, 2.75) is 56.4 Å². The van der Waals surface area contributed by atoms with Gasteiger partial charge in [0.2, 0.25) is 0 Å². The minimum absolute atomic E-state index is 0.163. The van der Waals surface area contributed by atoms with Gasteiger partial charge in [-0.2, -0.15) is 5.26 Å². The van der Waals surface area contributed by atoms with E-state index < -0.39 is 6.10 Å². The van der Waals surface area contributed by atoms with Crippen molar-refractivity contribution >= 4 is 11.8 Å². The average molecular weight is 289 g/mol. The van der Waals surface area contributed by atoms with Crippen molar-refractivity contribution in [1.29, 1.82) is 5.26 Å². The molecule has 1 aliphatic rings. The van der Waals surface area contributed by atoms with E-state index in [2.05, 4.69) is 6.07 Å². The van der Waals surface area contributed by atoms with E-state index in [4.69, 9.17) is 5.26 Å². The van der Waals surface area contributed by atoms with Gasteiger partial charge < -0.3 is 5.11 Å². The van der Waals surface area contributed by atoms with Gasteiger partial charge in [-0.05, 0) is 48.9 Å². The second-order valence-corrected chi connectivity index (χ2v) is 6.87. The number of nitrogens with zero attached hydrogens (tertiary/aromatic N) is 1. The van der Waals surface area contributed by atoms with Crippen molar-refractivity contribution in [3.8, 4) is 6.07 Å². The van der Waals surface area contributed by atoms with Crippen LogP contribution in [0.4, 0.5) is 0 Å². The maximum Gasteiger partial charge on any atom is 0.0920 e. The molecule has 0 saturated heterocycles. The Morgan fingerprint density at radius 1 is 1.30 bits per heavy atom. The van der Waals surface area contributed by atoms with Gasteiger partial charge in [0.15, 0.2) is 0 Å². The number of aliphatic hydroxyl groups excluding tert-OH is 1. The summed E-state index contributed by atoms with van der Waals surface area (Å²) in [5.74, 6) is 2.03. The Hall–Kier alpha value is -0.980. The van der Waals surface area contributed by atoms with E-state index in [1.54, 1.807) is 0 Å². The molecule has 108 valence electrons. The highest BCUT2D eigenvalue weighted by molar-refractivity contribution is 7.99. The normalized spacial score (nSPS) is 17.6. The molecule has 0 amide bonds. The van der Waals surface area contributed by atoms with E-state index in [1.807, 2.05) is 36.9 Å². The molecule has 1 saturated carbocycles. The maximum atomic E-state index is 9.95. The number of rotatable bonds is 5. The molecule has 0 radical (unpaired) electrons. The summed E-state index contributed by atoms with van der Waals surface area (Å²) in [6.07, 6.45) is 6.39. The molecule has 2 rings (SSSR count). The SMILES string of the molecule is Cc1cc(SCC2CCCCC2)cc(C(O)CC#N)c1. The summed E-state index contributed by atoms with van der Waals surface area (Å²) in [6, 6.07) is 8.23. The molecular formula is C17H23NOS. The monoisotopic (exact) mass is 289 g/mol. The third kappa shape index (κ3) is 4.54. The first kappa shape index (κ1) is 15.4. The topological polar surface area (TPSA) is 44.0 Å². The van der Waals surface area contributed by atoms with Gasteiger partial charge in [-0.3, -0.25) is 0 Å². The summed E-state index contributed by atoms with van der Waals surface area (Å²) < 4.78 is 0. The molecule has 1 aliphatic carbocycles. The molecule has 0 aromatic heterocycles. The first-order chi connectivity index (χ1) is 9.69. The van der Waals surface area contributed by atoms with Gasteiger partial charge in [-0.1, -0.05) is 25.3 Å². The van der Waals surface area contributed by atoms with E-state index in [0.29, 0.717) is 0 Å². The summed E-state index contributed by atoms with van der Waals surface area (Å²) in [4.78, 5) is 1.22. The van der Waals surface area contributed by atoms with Crippen molar-refractivity contribution in [2.24, 2.45) is 5.92 Å². The molecule has 1 aromatic rings. The van der Waals surface area contributed by atoms with Crippen molar-refractivity contribution in [3.05, 3.63) is 29.3 Å². The van der Waals surface area contributed by atoms with Crippen LogP contribution in [0.15, 0.2) is 23.1 Å². The zero-order valence-electron chi connectivity index (χ0n) is 12.1. The Morgan fingerprint density at radius 2 is 2.05 bits per heavy atom. The van der Waals surface area contributed by atoms with Crippen LogP contribution in [0.25, 0.3) is 0 Å². The Bertz CT molecular complexity index is 474. The quantitative estimate of drug-likeness (QED) is 0.805. The van der Waals surface area contributed by atoms with Crippen LogP contribution in [-0.4, -0.2) is 10.9 Å². The smallest absolute Gasteiger partial charge is 0.0920 e. The van der Waals surface area contributed by atoms with Crippen LogP contribution in [0, 0.1) is 24.2 Å². The Morgan fingerprint density at radius 3 is 2.75 bits per heavy atom. The second-order valence-electron chi connectivity index (χ2n) is 5.77. The number of thioether (sulfide) groups is 1. The predicted octanol–water partition coefficient (Wildman–Crippen LogP) is 4.61. The molecule has 0 spiro atoms. The molecule has 0 bridgehead atoms. The predicted molar refractivity (Wildman–Crippen MR) is 83.7 cm³/mol. The Labute approximate surface area is 126 Å². The Kier molecular flexibility index (Phi) is 5.94. The van der Waals surface area contributed by atoms with Crippen LogP contribution in [0.5, 0.6) is 0 Å². The van der Waals surface area contributed by atoms with E-state index in [0.717, 1.165) is 17.0 Å². The van der Waals surface area contributed by atoms with Gasteiger partial charge in [0.1, 0.15) is 0 Å². The van der Waals surface area contributed by atoms with Crippen LogP contribution >= 0.6 is 11.8 Å². The number of hydrogen-bond donors (Lipinski definition) is 1. The van der Waals surface area contributed by atoms with E-state index >= 15 is 0 Å². The lowest BCUT2D eigenvalue weighted by molar-refractivity contribution is 0.183. The minimum Gasteiger partial charge on any atom is -0.387 e. The summed E-state index contributed by atoms with van der Waals surface area (Å²) in [6.45, 7) is 2.05. The maximum absolute atomic E-state index is 9.95. The highest BCUT2D eigenvalue weighted by Gasteiger charge is 2.14. The molecule has 0 heterocycles. The third-order valence-corrected chi connectivity index (χ3v) is 5.16. The molecular weight excluding hydrogens is 266 g/mol. The molecule has 1 unspecified atom stereocenters. The van der Waals surface area contributed by atoms with Gasteiger partial charge in [0.25, 0.3) is 0 Å². The minimum atomic E-state index is -0.658. The molecule has 1 aromatic carbocycles. The number of aliphatic hydroxyl groups is 1. The molecule has 1 atom stereocenters. The number of benzene rings is 1. The molecule has 2 nitrogen and oxygen atoms in total. The zero-order valence-corrected chi connectivity index (χ0v) is 13.0. The number of nitriles is 1. The zero-order chi connectivity index (χ0) is 14.4. The fraction of sp³-hybridized carbons (Fsp3) is 0.588. The molecule has 1 fully saturated rings. The lowest BCUT2D eigenvalue weighted by Gasteiger charge is -2.21. The highest BCUT2D eigenvalue weighted by Crippen LogP contribution is 2.31. The third-order valence-electron chi connectivity index (χ3n) is 3.95. The van der Waals surface area contributed by atoms with E-state index in [-0.39, 0.29) is 6.42 Å². The second kappa shape index (κ2) is 7.71. The fourth-order valence-electron chi connectivity index (χ4n) is 2.82. The largest absolute Gasteiger partial charge is 0.387 e. The Balaban J connectivity index is 1.98. The van der Waals surface area contributed by atoms with E-state index in [9.17, 15) is 5.11 Å². The summed E-state index contributed by atoms with van der Waals surface area (Å²) in [5.41, 5.74) is 2.03. The van der Waals surface area contributed by atoms with Crippen molar-refractivity contribution < 1.29 is 5.11 Å². The van der Waals surface area contributed by atoms with Gasteiger partial charge in [-0.25, -0.2) is 0 Å². The fourth-order valence-corrected chi connectivity index (χ4v) is 4.07. The van der Waals surface area contributed by atoms with Crippen LogP contribution < -0.4 is 0 Å². The summed E-state index contributed by atoms with van der Waals surface area (Å²) in [5, 5.41) is 18.6. The van der Waals surface area contributed by atoms with Crippen LogP contribution in [0.1, 0.15) is 55.8 Å². The average Bonchev–Trinajstić information content (AvgIpc) is 2.46. The molecule has 1 N–H and O–H groups in total. The number of hydrogen-bond acceptors (Lipinski definition) is 3. The van der Waals surface area contributed by atoms with Crippen LogP contribution in [0.3, 0.4) is 0 Å². The van der Waals surface area contributed by atoms with Gasteiger partial charge in [0, 0.05) is 10.6 Å². The van der Waals surface area contributed by atoms with Crippen molar-refractivity contribution in [3.63, 3.8) is 0 Å². The van der Waals surface area contributed by atoms with Crippen LogP contribution in [-0.2, 0) is 0 Å². The summed E-state index contributed by atoms with van der Waals surface area (Å²) in [7, 11) is 0. The first-order valence-electron chi connectivity index (χ1n) is 7.48. The lowest BCUT2D eigenvalue weighted by atomic mass is 9.91. The van der Waals surface area contributed by atoms with E-state index in [1.165, 1.54) is 42.8 Å². The van der Waals surface area contributed by atoms with Crippen LogP contribution in [0.2, 0.25) is 0 Å². The van der Waals surface area contributed by atoms with Gasteiger partial charge in [0.05, 0.1) is 18.6 Å². The number of aryl methyl sites for hydroxylation is 1. The molecule has 0 aliphatic heterocycles. The highest BCUT2D eigenvalue weighted by atomic mass is 32.2. The summed E-state index contributed by atoms with van der Waals surface area (Å²) >= 11 is 1.90. The molecule has 20 heavy (non-hydrogen) atoms.